The number of amides is 2. The van der Waals surface area contributed by atoms with Gasteiger partial charge in [0.2, 0.25) is 11.8 Å². The van der Waals surface area contributed by atoms with Gasteiger partial charge >= 0.3 is 6.18 Å². The van der Waals surface area contributed by atoms with Crippen LogP contribution in [0.4, 0.5) is 18.9 Å². The molecule has 3 aliphatic rings. The van der Waals surface area contributed by atoms with Gasteiger partial charge in [-0.15, -0.1) is 6.58 Å². The fourth-order valence-electron chi connectivity index (χ4n) is 5.16. The normalized spacial score (nSPS) is 34.9. The largest absolute Gasteiger partial charge is 0.417 e. The molecular formula is C21H19F3N2O4. The molecule has 2 bridgehead atoms. The fourth-order valence-corrected chi connectivity index (χ4v) is 5.16. The number of anilines is 1. The highest BCUT2D eigenvalue weighted by Crippen LogP contribution is 2.61. The molecule has 3 saturated heterocycles. The Hall–Kier alpha value is -2.70. The number of nitriles is 1. The van der Waals surface area contributed by atoms with Crippen LogP contribution in [0.1, 0.15) is 31.4 Å². The first kappa shape index (κ1) is 20.6. The van der Waals surface area contributed by atoms with E-state index in [9.17, 15) is 22.8 Å². The van der Waals surface area contributed by atoms with Crippen LogP contribution in [-0.2, 0) is 25.2 Å². The predicted molar refractivity (Wildman–Crippen MR) is 98.1 cm³/mol. The highest BCUT2D eigenvalue weighted by Gasteiger charge is 2.76. The Kier molecular flexibility index (Phi) is 4.39. The Bertz CT molecular complexity index is 1000. The number of carbonyl (C=O) groups excluding carboxylic acids is 2. The van der Waals surface area contributed by atoms with Crippen molar-refractivity contribution in [3.63, 3.8) is 0 Å². The summed E-state index contributed by atoms with van der Waals surface area (Å²) in [6.07, 6.45) is -3.30. The molecule has 9 heteroatoms. The topological polar surface area (TPSA) is 79.6 Å². The molecule has 5 atom stereocenters. The van der Waals surface area contributed by atoms with Crippen molar-refractivity contribution in [1.29, 1.82) is 5.26 Å². The standard InChI is InChI=1S/C21H19F3N2O4/c1-4-7-29-14-9-19(2)15-16(20(14,3)30-19)18(28)26(17(15)27)12-6-5-11(10-25)13(8-12)21(22,23)24/h4-6,8,14-16H,1,7,9H2,2-3H3/t14-,15+,16-,19+,20-/m1/s1. The molecule has 0 radical (unpaired) electrons. The van der Waals surface area contributed by atoms with Gasteiger partial charge in [-0.3, -0.25) is 9.59 Å². The van der Waals surface area contributed by atoms with Crippen molar-refractivity contribution < 1.29 is 32.2 Å². The lowest BCUT2D eigenvalue weighted by Gasteiger charge is -2.34. The summed E-state index contributed by atoms with van der Waals surface area (Å²) in [7, 11) is 0. The van der Waals surface area contributed by atoms with E-state index in [1.54, 1.807) is 19.9 Å². The third kappa shape index (κ3) is 2.63. The zero-order valence-corrected chi connectivity index (χ0v) is 16.3. The molecule has 3 aliphatic heterocycles. The van der Waals surface area contributed by atoms with Crippen molar-refractivity contribution in [2.75, 3.05) is 11.5 Å². The van der Waals surface area contributed by atoms with E-state index in [1.165, 1.54) is 12.1 Å². The predicted octanol–water partition coefficient (Wildman–Crippen LogP) is 3.21. The highest BCUT2D eigenvalue weighted by molar-refractivity contribution is 6.23. The molecule has 0 saturated carbocycles. The number of carbonyl (C=O) groups is 2. The van der Waals surface area contributed by atoms with Gasteiger partial charge in [0, 0.05) is 6.42 Å². The van der Waals surface area contributed by atoms with Gasteiger partial charge in [0.25, 0.3) is 0 Å². The third-order valence-corrected chi connectivity index (χ3v) is 6.37. The van der Waals surface area contributed by atoms with Gasteiger partial charge in [-0.2, -0.15) is 18.4 Å². The first-order chi connectivity index (χ1) is 14.0. The quantitative estimate of drug-likeness (QED) is 0.552. The molecule has 1 aromatic rings. The van der Waals surface area contributed by atoms with Crippen LogP contribution in [0.3, 0.4) is 0 Å². The van der Waals surface area contributed by atoms with Crippen LogP contribution in [0, 0.1) is 23.2 Å². The maximum atomic E-state index is 13.4. The Morgan fingerprint density at radius 2 is 2.00 bits per heavy atom. The molecule has 0 aromatic heterocycles. The van der Waals surface area contributed by atoms with Gasteiger partial charge in [-0.25, -0.2) is 4.90 Å². The van der Waals surface area contributed by atoms with Crippen molar-refractivity contribution in [2.24, 2.45) is 11.8 Å². The van der Waals surface area contributed by atoms with Crippen molar-refractivity contribution in [2.45, 2.75) is 43.8 Å². The van der Waals surface area contributed by atoms with Gasteiger partial charge in [-0.05, 0) is 32.0 Å². The number of ether oxygens (including phenoxy) is 2. The Labute approximate surface area is 170 Å². The molecule has 3 heterocycles. The first-order valence-electron chi connectivity index (χ1n) is 9.40. The maximum Gasteiger partial charge on any atom is 0.417 e. The number of alkyl halides is 3. The van der Waals surface area contributed by atoms with Crippen LogP contribution < -0.4 is 4.90 Å². The summed E-state index contributed by atoms with van der Waals surface area (Å²) < 4.78 is 52.0. The van der Waals surface area contributed by atoms with Gasteiger partial charge in [0.05, 0.1) is 53.0 Å². The highest BCUT2D eigenvalue weighted by atomic mass is 19.4. The number of benzene rings is 1. The molecule has 0 spiro atoms. The Morgan fingerprint density at radius 1 is 1.33 bits per heavy atom. The molecule has 158 valence electrons. The fraction of sp³-hybridized carbons (Fsp3) is 0.476. The zero-order valence-electron chi connectivity index (χ0n) is 16.3. The number of halogens is 3. The molecule has 1 aromatic carbocycles. The third-order valence-electron chi connectivity index (χ3n) is 6.37. The van der Waals surface area contributed by atoms with Gasteiger partial charge < -0.3 is 9.47 Å². The SMILES string of the molecule is C=CCO[C@@H]1C[C@]2(C)O[C@@]1(C)[C@H]1C(=O)N(c3ccc(C#N)c(C(F)(F)F)c3)C(=O)[C@H]12. The second-order valence-electron chi connectivity index (χ2n) is 8.22. The second-order valence-corrected chi connectivity index (χ2v) is 8.22. The summed E-state index contributed by atoms with van der Waals surface area (Å²) in [4.78, 5) is 27.3. The number of rotatable bonds is 4. The average Bonchev–Trinajstić information content (AvgIpc) is 3.19. The lowest BCUT2D eigenvalue weighted by molar-refractivity contribution is -0.138. The number of imide groups is 1. The van der Waals surface area contributed by atoms with E-state index in [4.69, 9.17) is 14.7 Å². The van der Waals surface area contributed by atoms with E-state index in [-0.39, 0.29) is 12.3 Å². The molecule has 0 unspecified atom stereocenters. The van der Waals surface area contributed by atoms with Crippen LogP contribution in [0.2, 0.25) is 0 Å². The van der Waals surface area contributed by atoms with E-state index in [1.807, 2.05) is 0 Å². The Morgan fingerprint density at radius 3 is 2.60 bits per heavy atom. The molecule has 0 aliphatic carbocycles. The second kappa shape index (κ2) is 6.40. The van der Waals surface area contributed by atoms with Gasteiger partial charge in [-0.1, -0.05) is 6.08 Å². The minimum Gasteiger partial charge on any atom is -0.371 e. The van der Waals surface area contributed by atoms with E-state index in [0.717, 1.165) is 11.0 Å². The minimum atomic E-state index is -4.80. The zero-order chi connectivity index (χ0) is 22.1. The van der Waals surface area contributed by atoms with Gasteiger partial charge in [0.15, 0.2) is 0 Å². The van der Waals surface area contributed by atoms with Crippen LogP contribution in [-0.4, -0.2) is 35.7 Å². The smallest absolute Gasteiger partial charge is 0.371 e. The number of fused-ring (bicyclic) bond motifs is 5. The summed E-state index contributed by atoms with van der Waals surface area (Å²) in [6, 6.07) is 4.32. The van der Waals surface area contributed by atoms with Crippen molar-refractivity contribution in [1.82, 2.24) is 0 Å². The molecular weight excluding hydrogens is 401 g/mol. The van der Waals surface area contributed by atoms with E-state index >= 15 is 0 Å². The molecule has 0 N–H and O–H groups in total. The first-order valence-corrected chi connectivity index (χ1v) is 9.40. The van der Waals surface area contributed by atoms with E-state index < -0.39 is 58.3 Å². The maximum absolute atomic E-state index is 13.4. The molecule has 30 heavy (non-hydrogen) atoms. The average molecular weight is 420 g/mol. The van der Waals surface area contributed by atoms with Crippen molar-refractivity contribution in [3.8, 4) is 6.07 Å². The lowest BCUT2D eigenvalue weighted by Crippen LogP contribution is -2.50. The minimum absolute atomic E-state index is 0.208. The van der Waals surface area contributed by atoms with Crippen LogP contribution in [0.25, 0.3) is 0 Å². The summed E-state index contributed by atoms with van der Waals surface area (Å²) in [5.74, 6) is -2.91. The number of hydrogen-bond acceptors (Lipinski definition) is 5. The summed E-state index contributed by atoms with van der Waals surface area (Å²) in [6.45, 7) is 7.27. The molecule has 2 amide bonds. The molecule has 6 nitrogen and oxygen atoms in total. The van der Waals surface area contributed by atoms with Crippen molar-refractivity contribution >= 4 is 17.5 Å². The summed E-state index contributed by atoms with van der Waals surface area (Å²) >= 11 is 0. The molecule has 4 rings (SSSR count). The summed E-state index contributed by atoms with van der Waals surface area (Å²) in [5, 5.41) is 8.98. The van der Waals surface area contributed by atoms with Crippen LogP contribution in [0.5, 0.6) is 0 Å². The monoisotopic (exact) mass is 420 g/mol. The van der Waals surface area contributed by atoms with Gasteiger partial charge in [0.1, 0.15) is 5.60 Å². The lowest BCUT2D eigenvalue weighted by atomic mass is 9.67. The number of nitrogens with zero attached hydrogens (tertiary/aromatic N) is 2. The summed E-state index contributed by atoms with van der Waals surface area (Å²) in [5.41, 5.74) is -4.02. The van der Waals surface area contributed by atoms with E-state index in [2.05, 4.69) is 6.58 Å². The number of hydrogen-bond donors (Lipinski definition) is 0. The Balaban J connectivity index is 1.75. The van der Waals surface area contributed by atoms with Crippen molar-refractivity contribution in [3.05, 3.63) is 42.0 Å². The van der Waals surface area contributed by atoms with Crippen LogP contribution >= 0.6 is 0 Å². The van der Waals surface area contributed by atoms with E-state index in [0.29, 0.717) is 12.5 Å². The molecule has 3 fully saturated rings. The van der Waals surface area contributed by atoms with Crippen LogP contribution in [0.15, 0.2) is 30.9 Å².